The fourth-order valence-corrected chi connectivity index (χ4v) is 4.01. The maximum atomic E-state index is 12.4. The standard InChI is InChI=1S/C20H23N3O5S/c1-28-14-12-21-29(26,27)18-10-4-15(5-11-18)20(25)22-16-6-8-17(9-7-16)23-13-2-3-19(23)24/h4-11,21H,2-3,12-14H2,1H3,(H,22,25). The van der Waals surface area contributed by atoms with Crippen LogP contribution < -0.4 is 14.9 Å². The van der Waals surface area contributed by atoms with Crippen LogP contribution in [0.25, 0.3) is 0 Å². The minimum atomic E-state index is -3.65. The van der Waals surface area contributed by atoms with Gasteiger partial charge in [0.15, 0.2) is 0 Å². The van der Waals surface area contributed by atoms with E-state index in [1.165, 1.54) is 31.4 Å². The quantitative estimate of drug-likeness (QED) is 0.639. The van der Waals surface area contributed by atoms with Crippen molar-refractivity contribution < 1.29 is 22.7 Å². The number of anilines is 2. The molecule has 3 rings (SSSR count). The third kappa shape index (κ3) is 5.20. The van der Waals surface area contributed by atoms with Crippen molar-refractivity contribution in [3.05, 3.63) is 54.1 Å². The summed E-state index contributed by atoms with van der Waals surface area (Å²) in [5.41, 5.74) is 1.73. The first kappa shape index (κ1) is 21.0. The minimum Gasteiger partial charge on any atom is -0.383 e. The monoisotopic (exact) mass is 417 g/mol. The largest absolute Gasteiger partial charge is 0.383 e. The molecule has 29 heavy (non-hydrogen) atoms. The van der Waals surface area contributed by atoms with Crippen molar-refractivity contribution in [1.82, 2.24) is 4.72 Å². The third-order valence-corrected chi connectivity index (χ3v) is 6.01. The Morgan fingerprint density at radius 1 is 1.10 bits per heavy atom. The molecule has 0 saturated carbocycles. The summed E-state index contributed by atoms with van der Waals surface area (Å²) < 4.78 is 31.5. The van der Waals surface area contributed by atoms with Gasteiger partial charge in [0, 0.05) is 43.6 Å². The SMILES string of the molecule is COCCNS(=O)(=O)c1ccc(C(=O)Nc2ccc(N3CCCC3=O)cc2)cc1. The molecule has 1 aliphatic rings. The molecule has 8 nitrogen and oxygen atoms in total. The summed E-state index contributed by atoms with van der Waals surface area (Å²) in [5.74, 6) is -0.250. The first-order valence-corrected chi connectivity index (χ1v) is 10.7. The number of rotatable bonds is 8. The van der Waals surface area contributed by atoms with Crippen LogP contribution in [0.2, 0.25) is 0 Å². The zero-order valence-electron chi connectivity index (χ0n) is 16.1. The first-order valence-electron chi connectivity index (χ1n) is 9.21. The van der Waals surface area contributed by atoms with Crippen LogP contribution in [0, 0.1) is 0 Å². The Balaban J connectivity index is 1.63. The van der Waals surface area contributed by atoms with E-state index >= 15 is 0 Å². The summed E-state index contributed by atoms with van der Waals surface area (Å²) in [4.78, 5) is 26.0. The van der Waals surface area contributed by atoms with Crippen LogP contribution in [0.15, 0.2) is 53.4 Å². The van der Waals surface area contributed by atoms with Crippen LogP contribution in [0.5, 0.6) is 0 Å². The van der Waals surface area contributed by atoms with E-state index in [-0.39, 0.29) is 29.9 Å². The predicted octanol–water partition coefficient (Wildman–Crippen LogP) is 1.99. The Kier molecular flexibility index (Phi) is 6.63. The van der Waals surface area contributed by atoms with Gasteiger partial charge < -0.3 is 15.0 Å². The fourth-order valence-electron chi connectivity index (χ4n) is 3.00. The van der Waals surface area contributed by atoms with E-state index in [1.807, 2.05) is 0 Å². The lowest BCUT2D eigenvalue weighted by molar-refractivity contribution is -0.117. The van der Waals surface area contributed by atoms with E-state index in [9.17, 15) is 18.0 Å². The van der Waals surface area contributed by atoms with Crippen molar-refractivity contribution in [2.75, 3.05) is 37.0 Å². The Bertz CT molecular complexity index is 972. The minimum absolute atomic E-state index is 0.0739. The molecule has 2 aromatic rings. The number of nitrogens with one attached hydrogen (secondary N) is 2. The van der Waals surface area contributed by atoms with E-state index in [4.69, 9.17) is 4.74 Å². The number of hydrogen-bond donors (Lipinski definition) is 2. The van der Waals surface area contributed by atoms with Crippen molar-refractivity contribution >= 4 is 33.2 Å². The van der Waals surface area contributed by atoms with Gasteiger partial charge in [-0.05, 0) is 55.0 Å². The number of hydrogen-bond acceptors (Lipinski definition) is 5. The number of ether oxygens (including phenoxy) is 1. The Hall–Kier alpha value is -2.75. The summed E-state index contributed by atoms with van der Waals surface area (Å²) in [7, 11) is -2.16. The lowest BCUT2D eigenvalue weighted by Gasteiger charge is -2.16. The molecule has 0 radical (unpaired) electrons. The first-order chi connectivity index (χ1) is 13.9. The lowest BCUT2D eigenvalue weighted by Crippen LogP contribution is -2.27. The average Bonchev–Trinajstić information content (AvgIpc) is 3.14. The highest BCUT2D eigenvalue weighted by Crippen LogP contribution is 2.23. The van der Waals surface area contributed by atoms with Crippen LogP contribution in [-0.2, 0) is 19.6 Å². The summed E-state index contributed by atoms with van der Waals surface area (Å²) in [6, 6.07) is 12.7. The molecule has 0 spiro atoms. The molecule has 1 fully saturated rings. The second kappa shape index (κ2) is 9.17. The van der Waals surface area contributed by atoms with E-state index < -0.39 is 10.0 Å². The van der Waals surface area contributed by atoms with Crippen LogP contribution in [0.4, 0.5) is 11.4 Å². The zero-order valence-corrected chi connectivity index (χ0v) is 16.9. The van der Waals surface area contributed by atoms with Gasteiger partial charge >= 0.3 is 0 Å². The Morgan fingerprint density at radius 2 is 1.79 bits per heavy atom. The molecule has 9 heteroatoms. The summed E-state index contributed by atoms with van der Waals surface area (Å²) in [6.45, 7) is 1.14. The molecule has 1 saturated heterocycles. The van der Waals surface area contributed by atoms with E-state index in [0.29, 0.717) is 24.2 Å². The van der Waals surface area contributed by atoms with Crippen molar-refractivity contribution in [3.8, 4) is 0 Å². The number of carbonyl (C=O) groups excluding carboxylic acids is 2. The Morgan fingerprint density at radius 3 is 2.38 bits per heavy atom. The van der Waals surface area contributed by atoms with Crippen LogP contribution >= 0.6 is 0 Å². The third-order valence-electron chi connectivity index (χ3n) is 4.54. The zero-order chi connectivity index (χ0) is 20.9. The molecule has 1 heterocycles. The average molecular weight is 417 g/mol. The van der Waals surface area contributed by atoms with E-state index in [1.54, 1.807) is 29.2 Å². The molecule has 2 amide bonds. The summed E-state index contributed by atoms with van der Waals surface area (Å²) >= 11 is 0. The highest BCUT2D eigenvalue weighted by atomic mass is 32.2. The van der Waals surface area contributed by atoms with Gasteiger partial charge in [-0.25, -0.2) is 13.1 Å². The number of nitrogens with zero attached hydrogens (tertiary/aromatic N) is 1. The van der Waals surface area contributed by atoms with Gasteiger partial charge in [-0.15, -0.1) is 0 Å². The highest BCUT2D eigenvalue weighted by molar-refractivity contribution is 7.89. The maximum absolute atomic E-state index is 12.4. The number of benzene rings is 2. The molecular formula is C20H23N3O5S. The van der Waals surface area contributed by atoms with Gasteiger partial charge in [-0.2, -0.15) is 0 Å². The van der Waals surface area contributed by atoms with E-state index in [0.717, 1.165) is 12.1 Å². The number of amides is 2. The second-order valence-corrected chi connectivity index (χ2v) is 8.33. The molecule has 154 valence electrons. The molecule has 0 atom stereocenters. The molecule has 2 aromatic carbocycles. The van der Waals surface area contributed by atoms with E-state index in [2.05, 4.69) is 10.0 Å². The Labute approximate surface area is 169 Å². The smallest absolute Gasteiger partial charge is 0.255 e. The molecule has 0 aromatic heterocycles. The predicted molar refractivity (Wildman–Crippen MR) is 109 cm³/mol. The topological polar surface area (TPSA) is 105 Å². The van der Waals surface area contributed by atoms with Gasteiger partial charge in [0.1, 0.15) is 0 Å². The molecule has 0 bridgehead atoms. The van der Waals surface area contributed by atoms with Gasteiger partial charge in [0.25, 0.3) is 5.91 Å². The normalized spacial score (nSPS) is 14.2. The maximum Gasteiger partial charge on any atom is 0.255 e. The summed E-state index contributed by atoms with van der Waals surface area (Å²) in [6.07, 6.45) is 1.41. The molecule has 0 aliphatic carbocycles. The van der Waals surface area contributed by atoms with Gasteiger partial charge in [0.05, 0.1) is 11.5 Å². The van der Waals surface area contributed by atoms with Gasteiger partial charge in [-0.3, -0.25) is 9.59 Å². The van der Waals surface area contributed by atoms with Crippen molar-refractivity contribution in [2.24, 2.45) is 0 Å². The van der Waals surface area contributed by atoms with Gasteiger partial charge in [0.2, 0.25) is 15.9 Å². The van der Waals surface area contributed by atoms with Crippen molar-refractivity contribution in [1.29, 1.82) is 0 Å². The van der Waals surface area contributed by atoms with Crippen LogP contribution in [0.3, 0.4) is 0 Å². The summed E-state index contributed by atoms with van der Waals surface area (Å²) in [5, 5.41) is 2.76. The van der Waals surface area contributed by atoms with Crippen LogP contribution in [-0.4, -0.2) is 47.0 Å². The van der Waals surface area contributed by atoms with Gasteiger partial charge in [-0.1, -0.05) is 0 Å². The molecule has 1 aliphatic heterocycles. The fraction of sp³-hybridized carbons (Fsp3) is 0.300. The van der Waals surface area contributed by atoms with Crippen molar-refractivity contribution in [2.45, 2.75) is 17.7 Å². The second-order valence-electron chi connectivity index (χ2n) is 6.56. The number of methoxy groups -OCH3 is 1. The number of sulfonamides is 1. The molecular weight excluding hydrogens is 394 g/mol. The molecule has 0 unspecified atom stereocenters. The lowest BCUT2D eigenvalue weighted by atomic mass is 10.2. The van der Waals surface area contributed by atoms with Crippen LogP contribution in [0.1, 0.15) is 23.2 Å². The number of carbonyl (C=O) groups is 2. The van der Waals surface area contributed by atoms with Crippen molar-refractivity contribution in [3.63, 3.8) is 0 Å². The highest BCUT2D eigenvalue weighted by Gasteiger charge is 2.21. The molecule has 2 N–H and O–H groups in total.